The second-order valence-electron chi connectivity index (χ2n) is 17.7. The molecule has 0 nitrogen and oxygen atoms in total. The third kappa shape index (κ3) is 20.4. The van der Waals surface area contributed by atoms with E-state index in [0.717, 1.165) is 90.5 Å². The Labute approximate surface area is 286 Å². The first-order chi connectivity index (χ1) is 20.2. The van der Waals surface area contributed by atoms with E-state index in [1.807, 2.05) is 0 Å². The Balaban J connectivity index is -0.000000576. The van der Waals surface area contributed by atoms with E-state index in [4.69, 9.17) is 0 Å². The van der Waals surface area contributed by atoms with E-state index in [-0.39, 0.29) is 0 Å². The van der Waals surface area contributed by atoms with Crippen molar-refractivity contribution in [2.75, 3.05) is 0 Å². The molecule has 0 amide bonds. The van der Waals surface area contributed by atoms with Crippen LogP contribution in [0.4, 0.5) is 0 Å². The molecule has 0 radical (unpaired) electrons. The highest BCUT2D eigenvalue weighted by Crippen LogP contribution is 2.37. The van der Waals surface area contributed by atoms with E-state index in [1.165, 1.54) is 51.1 Å². The number of hydrogen-bond donors (Lipinski definition) is 0. The van der Waals surface area contributed by atoms with Gasteiger partial charge >= 0.3 is 0 Å². The number of unbranched alkanes of at least 4 members (excludes halogenated alkanes) is 3. The van der Waals surface area contributed by atoms with Crippen molar-refractivity contribution < 1.29 is 0 Å². The summed E-state index contributed by atoms with van der Waals surface area (Å²) in [5.74, 6) is 10.2. The summed E-state index contributed by atoms with van der Waals surface area (Å²) >= 11 is 0. The van der Waals surface area contributed by atoms with Crippen molar-refractivity contribution >= 4 is 20.1 Å². The summed E-state index contributed by atoms with van der Waals surface area (Å²) in [4.78, 5) is 0. The zero-order valence-electron chi connectivity index (χ0n) is 35.3. The average molecular weight is 617 g/mol. The summed E-state index contributed by atoms with van der Waals surface area (Å²) in [6.45, 7) is 52.7. The molecule has 6 unspecified atom stereocenters. The quantitative estimate of drug-likeness (QED) is 0.0943. The molecule has 6 atom stereocenters. The van der Waals surface area contributed by atoms with Crippen LogP contribution in [0.3, 0.4) is 0 Å². The van der Waals surface area contributed by atoms with E-state index >= 15 is 0 Å². The minimum Gasteiger partial charge on any atom is -0.0766 e. The van der Waals surface area contributed by atoms with Gasteiger partial charge in [0.25, 0.3) is 0 Å². The molecular weight excluding hydrogens is 525 g/mol. The maximum Gasteiger partial charge on any atom is 0.146 e. The first-order valence-corrected chi connectivity index (χ1v) is 20.2. The minimum absolute atomic E-state index is 0.825. The first kappa shape index (κ1) is 48.6. The van der Waals surface area contributed by atoms with Gasteiger partial charge in [0, 0.05) is 0 Å². The van der Waals surface area contributed by atoms with Gasteiger partial charge in [-0.1, -0.05) is 267 Å². The van der Waals surface area contributed by atoms with Gasteiger partial charge < -0.3 is 0 Å². The Hall–Kier alpha value is 0.195. The van der Waals surface area contributed by atoms with Crippen LogP contribution in [-0.2, 0) is 0 Å². The van der Waals surface area contributed by atoms with Crippen molar-refractivity contribution in [3.05, 3.63) is 0 Å². The zero-order valence-corrected chi connectivity index (χ0v) is 35.3. The zero-order chi connectivity index (χ0) is 35.3. The SMILES string of the molecule is CCB(C(C)C(C)C)C(C)C(C)C.CCCCB(C(C)C(C)C)C(C)C(C)C.CCCCCB(C(C)C(C)C)C(C)C(C)C. The van der Waals surface area contributed by atoms with Crippen LogP contribution in [0.1, 0.15) is 178 Å². The van der Waals surface area contributed by atoms with Crippen molar-refractivity contribution in [3.63, 3.8) is 0 Å². The smallest absolute Gasteiger partial charge is 0.0766 e. The summed E-state index contributed by atoms with van der Waals surface area (Å²) in [5, 5.41) is 0. The molecule has 0 spiro atoms. The van der Waals surface area contributed by atoms with Crippen molar-refractivity contribution in [1.29, 1.82) is 0 Å². The molecule has 0 aliphatic heterocycles. The van der Waals surface area contributed by atoms with Crippen molar-refractivity contribution in [1.82, 2.24) is 0 Å². The predicted molar refractivity (Wildman–Crippen MR) is 217 cm³/mol. The molecular formula is C41H91B3. The highest BCUT2D eigenvalue weighted by Gasteiger charge is 2.32. The molecule has 44 heavy (non-hydrogen) atoms. The molecule has 0 aromatic rings. The van der Waals surface area contributed by atoms with E-state index in [1.54, 1.807) is 0 Å². The molecule has 0 N–H and O–H groups in total. The number of hydrogen-bond acceptors (Lipinski definition) is 0. The van der Waals surface area contributed by atoms with Crippen LogP contribution in [0.2, 0.25) is 53.9 Å². The van der Waals surface area contributed by atoms with Gasteiger partial charge in [0.05, 0.1) is 0 Å². The summed E-state index contributed by atoms with van der Waals surface area (Å²) in [7, 11) is 0. The fourth-order valence-corrected chi connectivity index (χ4v) is 7.27. The fourth-order valence-electron chi connectivity index (χ4n) is 7.27. The lowest BCUT2D eigenvalue weighted by Crippen LogP contribution is -2.29. The summed E-state index contributed by atoms with van der Waals surface area (Å²) in [6, 6.07) is 0. The molecule has 0 fully saturated rings. The summed E-state index contributed by atoms with van der Waals surface area (Å²) in [5.41, 5.74) is 0. The third-order valence-electron chi connectivity index (χ3n) is 12.9. The van der Waals surface area contributed by atoms with E-state index in [9.17, 15) is 0 Å². The van der Waals surface area contributed by atoms with E-state index < -0.39 is 0 Å². The molecule has 264 valence electrons. The summed E-state index contributed by atoms with van der Waals surface area (Å²) in [6.07, 6.45) is 11.1. The molecule has 3 heteroatoms. The van der Waals surface area contributed by atoms with Crippen LogP contribution < -0.4 is 0 Å². The van der Waals surface area contributed by atoms with Crippen molar-refractivity contribution in [2.45, 2.75) is 231 Å². The normalized spacial score (nSPS) is 15.9. The molecule has 0 aliphatic carbocycles. The van der Waals surface area contributed by atoms with Gasteiger partial charge in [-0.15, -0.1) is 0 Å². The van der Waals surface area contributed by atoms with Gasteiger partial charge in [-0.2, -0.15) is 0 Å². The monoisotopic (exact) mass is 617 g/mol. The van der Waals surface area contributed by atoms with Gasteiger partial charge in [0.15, 0.2) is 0 Å². The van der Waals surface area contributed by atoms with Crippen molar-refractivity contribution in [3.8, 4) is 0 Å². The lowest BCUT2D eigenvalue weighted by atomic mass is 9.29. The molecule has 0 aromatic carbocycles. The van der Waals surface area contributed by atoms with Crippen molar-refractivity contribution in [2.24, 2.45) is 35.5 Å². The third-order valence-corrected chi connectivity index (χ3v) is 12.9. The summed E-state index contributed by atoms with van der Waals surface area (Å²) < 4.78 is 0. The molecule has 0 rings (SSSR count). The van der Waals surface area contributed by atoms with Crippen LogP contribution in [0.15, 0.2) is 0 Å². The van der Waals surface area contributed by atoms with Gasteiger partial charge in [-0.05, 0) is 0 Å². The number of rotatable bonds is 20. The van der Waals surface area contributed by atoms with Crippen LogP contribution in [-0.4, -0.2) is 20.1 Å². The Kier molecular flexibility index (Phi) is 30.0. The second-order valence-corrected chi connectivity index (χ2v) is 17.7. The molecule has 0 aromatic heterocycles. The maximum atomic E-state index is 2.46. The van der Waals surface area contributed by atoms with Gasteiger partial charge in [-0.25, -0.2) is 0 Å². The van der Waals surface area contributed by atoms with Crippen LogP contribution in [0.5, 0.6) is 0 Å². The van der Waals surface area contributed by atoms with E-state index in [2.05, 4.69) is 145 Å². The van der Waals surface area contributed by atoms with Gasteiger partial charge in [0.1, 0.15) is 20.1 Å². The van der Waals surface area contributed by atoms with Crippen LogP contribution in [0, 0.1) is 35.5 Å². The predicted octanol–water partition coefficient (Wildman–Crippen LogP) is 15.7. The highest BCUT2D eigenvalue weighted by atomic mass is 14.1. The molecule has 0 heterocycles. The molecule has 0 saturated heterocycles. The standard InChI is InChI=1S/C15H33B.C14H31B.C12H27B/c1-8-9-10-11-16(14(6)12(2)3)15(7)13(4)5;1-8-9-10-15(13(6)11(2)3)14(7)12(4)5;1-8-13(11(6)9(2)3)12(7)10(4)5/h12-15H,8-11H2,1-7H3;11-14H,8-10H2,1-7H3;9-12H,8H2,1-7H3. The van der Waals surface area contributed by atoms with E-state index in [0.29, 0.717) is 0 Å². The molecule has 0 saturated carbocycles. The topological polar surface area (TPSA) is 0 Å². The largest absolute Gasteiger partial charge is 0.146 e. The first-order valence-electron chi connectivity index (χ1n) is 20.2. The molecule has 0 bridgehead atoms. The lowest BCUT2D eigenvalue weighted by molar-refractivity contribution is 0.555. The van der Waals surface area contributed by atoms with Gasteiger partial charge in [0.2, 0.25) is 0 Å². The average Bonchev–Trinajstić information content (AvgIpc) is 2.95. The van der Waals surface area contributed by atoms with Gasteiger partial charge in [-0.3, -0.25) is 0 Å². The van der Waals surface area contributed by atoms with Crippen LogP contribution >= 0.6 is 0 Å². The van der Waals surface area contributed by atoms with Crippen LogP contribution in [0.25, 0.3) is 0 Å². The maximum absolute atomic E-state index is 2.46. The molecule has 0 aliphatic rings. The lowest BCUT2D eigenvalue weighted by Gasteiger charge is -2.31. The Morgan fingerprint density at radius 1 is 0.295 bits per heavy atom. The Morgan fingerprint density at radius 2 is 0.523 bits per heavy atom. The second kappa shape index (κ2) is 27.2. The fraction of sp³-hybridized carbons (Fsp3) is 1.00. The Bertz CT molecular complexity index is 569. The minimum atomic E-state index is 0.825. The Morgan fingerprint density at radius 3 is 0.727 bits per heavy atom. The highest BCUT2D eigenvalue weighted by molar-refractivity contribution is 6.62.